The molecule has 24 heavy (non-hydrogen) atoms. The van der Waals surface area contributed by atoms with Gasteiger partial charge in [0.2, 0.25) is 0 Å². The van der Waals surface area contributed by atoms with E-state index >= 15 is 0 Å². The van der Waals surface area contributed by atoms with Gasteiger partial charge in [0.05, 0.1) is 11.4 Å². The van der Waals surface area contributed by atoms with Crippen molar-refractivity contribution < 1.29 is 0 Å². The van der Waals surface area contributed by atoms with Crippen LogP contribution in [0.2, 0.25) is 0 Å². The van der Waals surface area contributed by atoms with Gasteiger partial charge in [-0.1, -0.05) is 27.7 Å². The minimum atomic E-state index is 0.913. The van der Waals surface area contributed by atoms with Crippen molar-refractivity contribution in [3.05, 3.63) is 46.8 Å². The molecule has 4 nitrogen and oxygen atoms in total. The molecule has 3 aromatic heterocycles. The maximum atomic E-state index is 4.49. The molecule has 3 heterocycles. The van der Waals surface area contributed by atoms with Crippen LogP contribution in [0.5, 0.6) is 0 Å². The van der Waals surface area contributed by atoms with E-state index in [-0.39, 0.29) is 0 Å². The maximum Gasteiger partial charge on any atom is 0.109 e. The normalized spacial score (nSPS) is 11.2. The second-order valence-electron chi connectivity index (χ2n) is 6.05. The van der Waals surface area contributed by atoms with Crippen LogP contribution in [0.3, 0.4) is 0 Å². The van der Waals surface area contributed by atoms with Gasteiger partial charge in [0.15, 0.2) is 0 Å². The largest absolute Gasteiger partial charge is 0.359 e. The van der Waals surface area contributed by atoms with Crippen LogP contribution in [0.15, 0.2) is 24.5 Å². The molecule has 3 aromatic rings. The highest BCUT2D eigenvalue weighted by molar-refractivity contribution is 5.66. The molecule has 0 amide bonds. The topological polar surface area (TPSA) is 57.4 Å². The van der Waals surface area contributed by atoms with E-state index in [1.54, 1.807) is 0 Å². The van der Waals surface area contributed by atoms with Gasteiger partial charge in [0, 0.05) is 12.4 Å². The third-order valence-corrected chi connectivity index (χ3v) is 4.81. The van der Waals surface area contributed by atoms with E-state index in [0.717, 1.165) is 48.5 Å². The quantitative estimate of drug-likeness (QED) is 0.690. The van der Waals surface area contributed by atoms with Gasteiger partial charge in [-0.2, -0.15) is 0 Å². The molecule has 126 valence electrons. The molecular weight excluding hydrogens is 296 g/mol. The molecule has 0 unspecified atom stereocenters. The molecule has 0 saturated carbocycles. The highest BCUT2D eigenvalue weighted by Gasteiger charge is 2.14. The van der Waals surface area contributed by atoms with Gasteiger partial charge in [-0.25, -0.2) is 0 Å². The second kappa shape index (κ2) is 7.04. The number of hydrogen-bond acceptors (Lipinski definition) is 2. The first-order valence-corrected chi connectivity index (χ1v) is 8.96. The first-order chi connectivity index (χ1) is 11.7. The monoisotopic (exact) mass is 322 g/mol. The summed E-state index contributed by atoms with van der Waals surface area (Å²) in [7, 11) is 0. The van der Waals surface area contributed by atoms with Crippen molar-refractivity contribution in [2.24, 2.45) is 0 Å². The lowest BCUT2D eigenvalue weighted by atomic mass is 10.0. The van der Waals surface area contributed by atoms with Crippen LogP contribution in [-0.4, -0.2) is 20.2 Å². The summed E-state index contributed by atoms with van der Waals surface area (Å²) in [5.74, 6) is 0. The number of aromatic nitrogens is 4. The summed E-state index contributed by atoms with van der Waals surface area (Å²) in [6.07, 6.45) is 8.26. The molecule has 2 N–H and O–H groups in total. The Kier molecular flexibility index (Phi) is 4.84. The Morgan fingerprint density at radius 3 is 1.38 bits per heavy atom. The number of hydrogen-bond donors (Lipinski definition) is 2. The lowest BCUT2D eigenvalue weighted by Crippen LogP contribution is -1.96. The van der Waals surface area contributed by atoms with Crippen molar-refractivity contribution in [3.8, 4) is 22.8 Å². The standard InChI is InChI=1S/C20H26N4/c1-5-13-11-21-19(15(13)7-3)17-9-10-18(24-23-17)20-16(8-4)14(6-2)12-22-20/h9-12,21-22H,5-8H2,1-4H3. The minimum Gasteiger partial charge on any atom is -0.359 e. The Morgan fingerprint density at radius 2 is 1.08 bits per heavy atom. The van der Waals surface area contributed by atoms with Gasteiger partial charge >= 0.3 is 0 Å². The van der Waals surface area contributed by atoms with Gasteiger partial charge < -0.3 is 9.97 Å². The predicted molar refractivity (Wildman–Crippen MR) is 99.1 cm³/mol. The van der Waals surface area contributed by atoms with E-state index < -0.39 is 0 Å². The van der Waals surface area contributed by atoms with E-state index in [0.29, 0.717) is 0 Å². The zero-order valence-electron chi connectivity index (χ0n) is 15.0. The number of nitrogens with one attached hydrogen (secondary N) is 2. The molecule has 0 bridgehead atoms. The van der Waals surface area contributed by atoms with Crippen LogP contribution in [0.1, 0.15) is 49.9 Å². The van der Waals surface area contributed by atoms with Crippen molar-refractivity contribution in [2.45, 2.75) is 53.4 Å². The molecule has 0 aliphatic heterocycles. The molecular formula is C20H26N4. The molecule has 0 fully saturated rings. The lowest BCUT2D eigenvalue weighted by molar-refractivity contribution is 1.01. The van der Waals surface area contributed by atoms with Crippen LogP contribution in [0.25, 0.3) is 22.8 Å². The zero-order valence-corrected chi connectivity index (χ0v) is 15.0. The number of aryl methyl sites for hydroxylation is 2. The third kappa shape index (κ3) is 2.77. The Morgan fingerprint density at radius 1 is 0.667 bits per heavy atom. The van der Waals surface area contributed by atoms with E-state index in [1.165, 1.54) is 22.3 Å². The third-order valence-electron chi connectivity index (χ3n) is 4.81. The van der Waals surface area contributed by atoms with Gasteiger partial charge in [-0.05, 0) is 60.1 Å². The summed E-state index contributed by atoms with van der Waals surface area (Å²) in [5.41, 5.74) is 9.46. The average Bonchev–Trinajstić information content (AvgIpc) is 3.24. The molecule has 0 saturated heterocycles. The Balaban J connectivity index is 1.97. The average molecular weight is 322 g/mol. The first-order valence-electron chi connectivity index (χ1n) is 8.96. The predicted octanol–water partition coefficient (Wildman–Crippen LogP) is 4.72. The number of aromatic amines is 2. The summed E-state index contributed by atoms with van der Waals surface area (Å²) in [6, 6.07) is 4.14. The number of H-pyrrole nitrogens is 2. The molecule has 0 aliphatic carbocycles. The summed E-state index contributed by atoms with van der Waals surface area (Å²) in [5, 5.41) is 8.98. The van der Waals surface area contributed by atoms with Gasteiger partial charge in [-0.3, -0.25) is 0 Å². The fourth-order valence-corrected chi connectivity index (χ4v) is 3.48. The summed E-state index contributed by atoms with van der Waals surface area (Å²) < 4.78 is 0. The fourth-order valence-electron chi connectivity index (χ4n) is 3.48. The van der Waals surface area contributed by atoms with E-state index in [9.17, 15) is 0 Å². The lowest BCUT2D eigenvalue weighted by Gasteiger charge is -2.06. The maximum absolute atomic E-state index is 4.49. The molecule has 0 aliphatic rings. The smallest absolute Gasteiger partial charge is 0.109 e. The molecule has 0 spiro atoms. The van der Waals surface area contributed by atoms with Gasteiger partial charge in [0.25, 0.3) is 0 Å². The highest BCUT2D eigenvalue weighted by Crippen LogP contribution is 2.28. The van der Waals surface area contributed by atoms with Crippen LogP contribution in [-0.2, 0) is 25.7 Å². The summed E-state index contributed by atoms with van der Waals surface area (Å²) >= 11 is 0. The molecule has 4 heteroatoms. The van der Waals surface area contributed by atoms with Crippen LogP contribution >= 0.6 is 0 Å². The summed E-state index contributed by atoms with van der Waals surface area (Å²) in [6.45, 7) is 8.74. The van der Waals surface area contributed by atoms with Crippen LogP contribution < -0.4 is 0 Å². The first kappa shape index (κ1) is 16.5. The van der Waals surface area contributed by atoms with E-state index in [2.05, 4.69) is 72.4 Å². The molecule has 0 radical (unpaired) electrons. The Bertz CT molecular complexity index is 740. The molecule has 0 aromatic carbocycles. The highest BCUT2D eigenvalue weighted by atomic mass is 15.1. The summed E-state index contributed by atoms with van der Waals surface area (Å²) in [4.78, 5) is 6.75. The van der Waals surface area contributed by atoms with Crippen molar-refractivity contribution >= 4 is 0 Å². The Hall–Kier alpha value is -2.36. The van der Waals surface area contributed by atoms with Crippen LogP contribution in [0, 0.1) is 0 Å². The van der Waals surface area contributed by atoms with Gasteiger partial charge in [0.1, 0.15) is 11.4 Å². The van der Waals surface area contributed by atoms with Crippen molar-refractivity contribution in [3.63, 3.8) is 0 Å². The zero-order chi connectivity index (χ0) is 17.1. The van der Waals surface area contributed by atoms with Crippen molar-refractivity contribution in [1.82, 2.24) is 20.2 Å². The molecule has 0 atom stereocenters. The van der Waals surface area contributed by atoms with Crippen molar-refractivity contribution in [2.75, 3.05) is 0 Å². The Labute approximate surface area is 143 Å². The SMILES string of the molecule is CCc1c[nH]c(-c2ccc(-c3[nH]cc(CC)c3CC)nn2)c1CC. The number of rotatable bonds is 6. The fraction of sp³-hybridized carbons (Fsp3) is 0.400. The van der Waals surface area contributed by atoms with E-state index in [4.69, 9.17) is 0 Å². The van der Waals surface area contributed by atoms with E-state index in [1.807, 2.05) is 0 Å². The van der Waals surface area contributed by atoms with Gasteiger partial charge in [-0.15, -0.1) is 10.2 Å². The molecule has 3 rings (SSSR count). The second-order valence-corrected chi connectivity index (χ2v) is 6.05. The minimum absolute atomic E-state index is 0.913. The number of nitrogens with zero attached hydrogens (tertiary/aromatic N) is 2. The van der Waals surface area contributed by atoms with Crippen molar-refractivity contribution in [1.29, 1.82) is 0 Å². The van der Waals surface area contributed by atoms with Crippen LogP contribution in [0.4, 0.5) is 0 Å².